The average Bonchev–Trinajstić information content (AvgIpc) is 2.46. The lowest BCUT2D eigenvalue weighted by Crippen LogP contribution is -2.15. The van der Waals surface area contributed by atoms with Crippen LogP contribution in [0.15, 0.2) is 41.3 Å². The monoisotopic (exact) mass is 351 g/mol. The van der Waals surface area contributed by atoms with E-state index >= 15 is 0 Å². The van der Waals surface area contributed by atoms with Crippen molar-refractivity contribution in [2.45, 2.75) is 4.90 Å². The van der Waals surface area contributed by atoms with Gasteiger partial charge in [0.15, 0.2) is 0 Å². The van der Waals surface area contributed by atoms with E-state index in [1.807, 2.05) is 4.72 Å². The molecule has 0 unspecified atom stereocenters. The standard InChI is InChI=1S/C14H11NO8S/c16-11-4-2-8(6-10(11)14(20)21)24(22,23)15-7-1-3-9(13(18)19)12(17)5-7/h1-6,15-17H,(H,18,19)(H,20,21)/p-2. The number of hydrogen-bond acceptors (Lipinski definition) is 6. The highest BCUT2D eigenvalue weighted by Gasteiger charge is 2.17. The van der Waals surface area contributed by atoms with Crippen LogP contribution >= 0.6 is 0 Å². The molecule has 0 heterocycles. The lowest BCUT2D eigenvalue weighted by atomic mass is 10.2. The molecule has 24 heavy (non-hydrogen) atoms. The van der Waals surface area contributed by atoms with Gasteiger partial charge in [0.05, 0.1) is 16.0 Å². The lowest BCUT2D eigenvalue weighted by molar-refractivity contribution is -0.269. The number of carbonyl (C=O) groups is 2. The molecule has 0 saturated heterocycles. The van der Waals surface area contributed by atoms with Crippen LogP contribution in [0.4, 0.5) is 5.69 Å². The van der Waals surface area contributed by atoms with E-state index in [1.165, 1.54) is 0 Å². The summed E-state index contributed by atoms with van der Waals surface area (Å²) in [6.45, 7) is 0. The van der Waals surface area contributed by atoms with E-state index in [0.29, 0.717) is 6.07 Å². The Morgan fingerprint density at radius 1 is 0.875 bits per heavy atom. The number of carboxylic acid groups (broad SMARTS) is 2. The second-order valence-electron chi connectivity index (χ2n) is 4.58. The van der Waals surface area contributed by atoms with Crippen LogP contribution in [-0.2, 0) is 10.0 Å². The first kappa shape index (κ1) is 17.1. The molecule has 0 amide bonds. The maximum absolute atomic E-state index is 12.2. The Morgan fingerprint density at radius 3 is 2.04 bits per heavy atom. The number of sulfonamides is 1. The van der Waals surface area contributed by atoms with E-state index in [-0.39, 0.29) is 5.69 Å². The summed E-state index contributed by atoms with van der Waals surface area (Å²) in [7, 11) is -4.27. The molecule has 126 valence electrons. The van der Waals surface area contributed by atoms with E-state index in [4.69, 9.17) is 10.2 Å². The van der Waals surface area contributed by atoms with Gasteiger partial charge in [0.1, 0.15) is 0 Å². The maximum atomic E-state index is 12.2. The number of nitrogens with one attached hydrogen (secondary N) is 1. The Labute approximate surface area is 135 Å². The molecular formula is C14H9NO8S-2. The minimum Gasteiger partial charge on any atom is -0.872 e. The topological polar surface area (TPSA) is 167 Å². The molecule has 2 aromatic carbocycles. The number of rotatable bonds is 5. The van der Waals surface area contributed by atoms with Crippen molar-refractivity contribution in [1.82, 2.24) is 0 Å². The van der Waals surface area contributed by atoms with E-state index in [0.717, 1.165) is 30.3 Å². The number of aromatic carboxylic acids is 2. The Kier molecular flexibility index (Phi) is 4.33. The van der Waals surface area contributed by atoms with Crippen molar-refractivity contribution in [3.05, 3.63) is 47.5 Å². The molecule has 0 aliphatic rings. The third kappa shape index (κ3) is 3.38. The summed E-state index contributed by atoms with van der Waals surface area (Å²) >= 11 is 0. The zero-order chi connectivity index (χ0) is 18.1. The quantitative estimate of drug-likeness (QED) is 0.678. The van der Waals surface area contributed by atoms with Crippen molar-refractivity contribution in [2.75, 3.05) is 4.72 Å². The highest BCUT2D eigenvalue weighted by atomic mass is 32.2. The Balaban J connectivity index is 2.39. The molecule has 3 N–H and O–H groups in total. The van der Waals surface area contributed by atoms with Crippen LogP contribution in [0.2, 0.25) is 0 Å². The average molecular weight is 351 g/mol. The fourth-order valence-corrected chi connectivity index (χ4v) is 2.90. The molecule has 2 aromatic rings. The third-order valence-corrected chi connectivity index (χ3v) is 4.33. The van der Waals surface area contributed by atoms with Gasteiger partial charge in [-0.1, -0.05) is 17.6 Å². The van der Waals surface area contributed by atoms with Crippen LogP contribution in [0, 0.1) is 0 Å². The fraction of sp³-hybridized carbons (Fsp3) is 0. The van der Waals surface area contributed by atoms with Gasteiger partial charge in [-0.2, -0.15) is 0 Å². The molecule has 0 atom stereocenters. The van der Waals surface area contributed by atoms with Gasteiger partial charge in [-0.05, 0) is 30.3 Å². The van der Waals surface area contributed by atoms with Crippen molar-refractivity contribution in [3.8, 4) is 11.5 Å². The molecule has 0 radical (unpaired) electrons. The molecule has 9 nitrogen and oxygen atoms in total. The lowest BCUT2D eigenvalue weighted by Gasteiger charge is -2.15. The van der Waals surface area contributed by atoms with Gasteiger partial charge in [0.2, 0.25) is 0 Å². The molecule has 0 bridgehead atoms. The summed E-state index contributed by atoms with van der Waals surface area (Å²) in [6.07, 6.45) is 0. The highest BCUT2D eigenvalue weighted by Crippen LogP contribution is 2.24. The van der Waals surface area contributed by atoms with Crippen LogP contribution in [0.25, 0.3) is 0 Å². The van der Waals surface area contributed by atoms with E-state index in [1.54, 1.807) is 0 Å². The summed E-state index contributed by atoms with van der Waals surface area (Å²) in [4.78, 5) is 21.2. The molecule has 10 heteroatoms. The summed E-state index contributed by atoms with van der Waals surface area (Å²) in [5, 5.41) is 40.5. The Hall–Kier alpha value is -3.27. The molecule has 0 spiro atoms. The molecule has 0 aromatic heterocycles. The number of carboxylic acids is 2. The highest BCUT2D eigenvalue weighted by molar-refractivity contribution is 7.92. The zero-order valence-electron chi connectivity index (χ0n) is 11.7. The van der Waals surface area contributed by atoms with Crippen molar-refractivity contribution in [1.29, 1.82) is 0 Å². The van der Waals surface area contributed by atoms with E-state index in [9.17, 15) is 28.2 Å². The normalized spacial score (nSPS) is 11.0. The third-order valence-electron chi connectivity index (χ3n) is 2.96. The molecule has 0 aliphatic carbocycles. The van der Waals surface area contributed by atoms with Gasteiger partial charge in [0.25, 0.3) is 10.0 Å². The number of anilines is 1. The molecule has 0 aliphatic heterocycles. The van der Waals surface area contributed by atoms with Crippen LogP contribution in [0.3, 0.4) is 0 Å². The van der Waals surface area contributed by atoms with Crippen molar-refractivity contribution >= 4 is 27.6 Å². The van der Waals surface area contributed by atoms with Gasteiger partial charge >= 0.3 is 11.9 Å². The van der Waals surface area contributed by atoms with Gasteiger partial charge in [0, 0.05) is 5.69 Å². The number of hydrogen-bond donors (Lipinski definition) is 3. The van der Waals surface area contributed by atoms with Crippen LogP contribution in [0.1, 0.15) is 20.7 Å². The van der Waals surface area contributed by atoms with Crippen LogP contribution in [-0.4, -0.2) is 30.6 Å². The molecule has 2 rings (SSSR count). The summed E-state index contributed by atoms with van der Waals surface area (Å²) < 4.78 is 26.4. The largest absolute Gasteiger partial charge is 0.872 e. The van der Waals surface area contributed by atoms with Crippen LogP contribution < -0.4 is 14.9 Å². The SMILES string of the molecule is O=C(O)c1ccc(NS(=O)(=O)c2ccc([O-])c(C(=O)O)c2)cc1[O-]. The fourth-order valence-electron chi connectivity index (χ4n) is 1.82. The molecule has 0 saturated carbocycles. The zero-order valence-corrected chi connectivity index (χ0v) is 12.5. The summed E-state index contributed by atoms with van der Waals surface area (Å²) in [5.41, 5.74) is -1.45. The van der Waals surface area contributed by atoms with Crippen molar-refractivity contribution in [3.63, 3.8) is 0 Å². The van der Waals surface area contributed by atoms with Gasteiger partial charge in [-0.3, -0.25) is 4.72 Å². The smallest absolute Gasteiger partial charge is 0.335 e. The first-order valence-electron chi connectivity index (χ1n) is 6.23. The van der Waals surface area contributed by atoms with E-state index in [2.05, 4.69) is 0 Å². The Morgan fingerprint density at radius 2 is 1.50 bits per heavy atom. The summed E-state index contributed by atoms with van der Waals surface area (Å²) in [6, 6.07) is 5.19. The number of benzene rings is 2. The predicted molar refractivity (Wildman–Crippen MR) is 76.5 cm³/mol. The Bertz CT molecular complexity index is 936. The second-order valence-corrected chi connectivity index (χ2v) is 6.27. The first-order chi connectivity index (χ1) is 11.1. The van der Waals surface area contributed by atoms with Gasteiger partial charge < -0.3 is 20.4 Å². The first-order valence-corrected chi connectivity index (χ1v) is 7.71. The van der Waals surface area contributed by atoms with Gasteiger partial charge in [-0.15, -0.1) is 0 Å². The molecular weight excluding hydrogens is 342 g/mol. The second kappa shape index (κ2) is 6.08. The molecule has 0 fully saturated rings. The minimum atomic E-state index is -4.27. The van der Waals surface area contributed by atoms with Crippen molar-refractivity contribution < 1.29 is 38.4 Å². The van der Waals surface area contributed by atoms with E-state index < -0.39 is 49.5 Å². The predicted octanol–water partition coefficient (Wildman–Crippen LogP) is 0.0310. The van der Waals surface area contributed by atoms with Crippen molar-refractivity contribution in [2.24, 2.45) is 0 Å². The van der Waals surface area contributed by atoms with Gasteiger partial charge in [-0.25, -0.2) is 18.0 Å². The summed E-state index contributed by atoms with van der Waals surface area (Å²) in [5.74, 6) is -4.78. The minimum absolute atomic E-state index is 0.201. The van der Waals surface area contributed by atoms with Crippen LogP contribution in [0.5, 0.6) is 11.5 Å². The maximum Gasteiger partial charge on any atom is 0.335 e.